The standard InChI is InChI=1S/C30H47N3O6S/c1-5-8-9-17-39-29(37)24-23-10-11-30(40-23)25(24)27(35)33(22(20-34)21(4)7-3)26(30)28(36)32(12-6-2)14-13-31-15-18-38-19-16-31/h5-6,21-26,34H,1-2,7-20H2,3-4H3/t21-,22-,23-,24+,25-,26?,30?/m0/s1. The van der Waals surface area contributed by atoms with Crippen molar-refractivity contribution in [1.29, 1.82) is 0 Å². The van der Waals surface area contributed by atoms with E-state index in [0.29, 0.717) is 52.3 Å². The number of esters is 1. The van der Waals surface area contributed by atoms with Gasteiger partial charge in [0.15, 0.2) is 0 Å². The number of thioether (sulfide) groups is 1. The number of hydrogen-bond acceptors (Lipinski definition) is 8. The van der Waals surface area contributed by atoms with Crippen LogP contribution in [-0.2, 0) is 23.9 Å². The van der Waals surface area contributed by atoms with Gasteiger partial charge >= 0.3 is 5.97 Å². The molecule has 10 heteroatoms. The van der Waals surface area contributed by atoms with E-state index < -0.39 is 28.7 Å². The molecule has 0 aromatic carbocycles. The molecule has 0 aliphatic carbocycles. The highest BCUT2D eigenvalue weighted by atomic mass is 32.2. The van der Waals surface area contributed by atoms with E-state index in [1.807, 2.05) is 18.7 Å². The number of aliphatic hydroxyl groups excluding tert-OH is 1. The van der Waals surface area contributed by atoms with Crippen LogP contribution in [0.25, 0.3) is 0 Å². The van der Waals surface area contributed by atoms with Gasteiger partial charge in [-0.3, -0.25) is 19.3 Å². The molecule has 4 aliphatic rings. The first-order valence-electron chi connectivity index (χ1n) is 14.9. The van der Waals surface area contributed by atoms with E-state index in [1.54, 1.807) is 28.8 Å². The third kappa shape index (κ3) is 5.87. The second-order valence-electron chi connectivity index (χ2n) is 11.6. The lowest BCUT2D eigenvalue weighted by molar-refractivity contribution is -0.155. The van der Waals surface area contributed by atoms with Crippen LogP contribution in [0, 0.1) is 17.8 Å². The summed E-state index contributed by atoms with van der Waals surface area (Å²) in [4.78, 5) is 48.1. The van der Waals surface area contributed by atoms with Crippen molar-refractivity contribution >= 4 is 29.5 Å². The number of carbonyl (C=O) groups excluding carboxylic acids is 3. The number of aliphatic hydroxyl groups is 1. The minimum atomic E-state index is -0.741. The van der Waals surface area contributed by atoms with Crippen LogP contribution in [0.15, 0.2) is 25.3 Å². The maximum atomic E-state index is 14.6. The van der Waals surface area contributed by atoms with E-state index in [-0.39, 0.29) is 35.6 Å². The monoisotopic (exact) mass is 577 g/mol. The van der Waals surface area contributed by atoms with Crippen molar-refractivity contribution in [3.63, 3.8) is 0 Å². The van der Waals surface area contributed by atoms with Crippen molar-refractivity contribution < 1.29 is 29.0 Å². The second kappa shape index (κ2) is 13.9. The molecule has 4 fully saturated rings. The van der Waals surface area contributed by atoms with Crippen LogP contribution in [0.1, 0.15) is 46.0 Å². The number of fused-ring (bicyclic) bond motifs is 1. The summed E-state index contributed by atoms with van der Waals surface area (Å²) in [5.41, 5.74) is 0. The third-order valence-electron chi connectivity index (χ3n) is 9.34. The molecule has 2 bridgehead atoms. The molecule has 0 radical (unpaired) electrons. The molecule has 224 valence electrons. The Morgan fingerprint density at radius 1 is 1.30 bits per heavy atom. The fraction of sp³-hybridized carbons (Fsp3) is 0.767. The molecule has 2 amide bonds. The number of rotatable bonds is 15. The summed E-state index contributed by atoms with van der Waals surface area (Å²) in [6.07, 6.45) is 7.18. The molecule has 7 atom stereocenters. The van der Waals surface area contributed by atoms with E-state index in [1.165, 1.54) is 0 Å². The fourth-order valence-corrected chi connectivity index (χ4v) is 9.20. The quantitative estimate of drug-likeness (QED) is 0.180. The van der Waals surface area contributed by atoms with Gasteiger partial charge in [-0.05, 0) is 31.6 Å². The zero-order chi connectivity index (χ0) is 28.9. The number of morpholine rings is 1. The molecule has 9 nitrogen and oxygen atoms in total. The van der Waals surface area contributed by atoms with Gasteiger partial charge < -0.3 is 24.4 Å². The molecule has 2 unspecified atom stereocenters. The van der Waals surface area contributed by atoms with E-state index in [2.05, 4.69) is 18.1 Å². The molecule has 0 aromatic rings. The van der Waals surface area contributed by atoms with Gasteiger partial charge in [0.25, 0.3) is 0 Å². The van der Waals surface area contributed by atoms with Gasteiger partial charge in [0.05, 0.1) is 49.1 Å². The Morgan fingerprint density at radius 2 is 2.05 bits per heavy atom. The van der Waals surface area contributed by atoms with Crippen molar-refractivity contribution in [3.05, 3.63) is 25.3 Å². The van der Waals surface area contributed by atoms with Crippen LogP contribution in [0.3, 0.4) is 0 Å². The molecule has 1 spiro atoms. The number of unbranched alkanes of at least 4 members (excludes halogenated alkanes) is 1. The number of allylic oxidation sites excluding steroid dienone is 1. The first kappa shape index (κ1) is 31.1. The lowest BCUT2D eigenvalue weighted by Gasteiger charge is -2.41. The summed E-state index contributed by atoms with van der Waals surface area (Å²) in [6, 6.07) is -1.24. The van der Waals surface area contributed by atoms with E-state index in [0.717, 1.165) is 32.4 Å². The van der Waals surface area contributed by atoms with Gasteiger partial charge in [-0.15, -0.1) is 24.9 Å². The Labute approximate surface area is 243 Å². The lowest BCUT2D eigenvalue weighted by Crippen LogP contribution is -2.59. The van der Waals surface area contributed by atoms with E-state index in [9.17, 15) is 19.5 Å². The van der Waals surface area contributed by atoms with Crippen molar-refractivity contribution in [1.82, 2.24) is 14.7 Å². The lowest BCUT2D eigenvalue weighted by atomic mass is 9.71. The molecule has 0 aromatic heterocycles. The average Bonchev–Trinajstić information content (AvgIpc) is 3.61. The van der Waals surface area contributed by atoms with Crippen LogP contribution in [0.5, 0.6) is 0 Å². The van der Waals surface area contributed by atoms with Crippen LogP contribution in [0.2, 0.25) is 0 Å². The predicted octanol–water partition coefficient (Wildman–Crippen LogP) is 2.34. The fourth-order valence-electron chi connectivity index (χ4n) is 7.01. The summed E-state index contributed by atoms with van der Waals surface area (Å²) >= 11 is 1.64. The van der Waals surface area contributed by atoms with Gasteiger partial charge in [-0.25, -0.2) is 0 Å². The maximum Gasteiger partial charge on any atom is 0.310 e. The molecule has 4 heterocycles. The van der Waals surface area contributed by atoms with Gasteiger partial charge in [0.2, 0.25) is 11.8 Å². The summed E-state index contributed by atoms with van der Waals surface area (Å²) in [6.45, 7) is 16.3. The number of hydrogen-bond donors (Lipinski definition) is 1. The Hall–Kier alpha value is -1.88. The predicted molar refractivity (Wildman–Crippen MR) is 156 cm³/mol. The first-order chi connectivity index (χ1) is 19.3. The molecule has 0 saturated carbocycles. The van der Waals surface area contributed by atoms with E-state index >= 15 is 0 Å². The molecular weight excluding hydrogens is 530 g/mol. The Kier molecular flexibility index (Phi) is 10.8. The van der Waals surface area contributed by atoms with Crippen molar-refractivity contribution in [2.45, 2.75) is 68.0 Å². The second-order valence-corrected chi connectivity index (χ2v) is 13.2. The van der Waals surface area contributed by atoms with Crippen LogP contribution < -0.4 is 0 Å². The van der Waals surface area contributed by atoms with Crippen LogP contribution in [-0.4, -0.2) is 119 Å². The maximum absolute atomic E-state index is 14.6. The smallest absolute Gasteiger partial charge is 0.310 e. The molecular formula is C30H47N3O6S. The largest absolute Gasteiger partial charge is 0.465 e. The van der Waals surface area contributed by atoms with E-state index in [4.69, 9.17) is 9.47 Å². The molecule has 4 aliphatic heterocycles. The minimum Gasteiger partial charge on any atom is -0.465 e. The number of likely N-dealkylation sites (tertiary alicyclic amines) is 1. The van der Waals surface area contributed by atoms with Gasteiger partial charge in [-0.1, -0.05) is 32.4 Å². The number of carbonyl (C=O) groups is 3. The normalized spacial score (nSPS) is 31.1. The molecule has 40 heavy (non-hydrogen) atoms. The number of nitrogens with zero attached hydrogens (tertiary/aromatic N) is 3. The van der Waals surface area contributed by atoms with Crippen molar-refractivity contribution in [3.8, 4) is 0 Å². The Balaban J connectivity index is 1.65. The molecule has 4 saturated heterocycles. The number of amides is 2. The van der Waals surface area contributed by atoms with Gasteiger partial charge in [0.1, 0.15) is 6.04 Å². The first-order valence-corrected chi connectivity index (χ1v) is 15.8. The third-order valence-corrected chi connectivity index (χ3v) is 11.3. The molecule has 4 rings (SSSR count). The van der Waals surface area contributed by atoms with Crippen molar-refractivity contribution in [2.24, 2.45) is 17.8 Å². The highest BCUT2D eigenvalue weighted by molar-refractivity contribution is 8.02. The highest BCUT2D eigenvalue weighted by Gasteiger charge is 2.75. The summed E-state index contributed by atoms with van der Waals surface area (Å²) in [5, 5.41) is 10.5. The van der Waals surface area contributed by atoms with Gasteiger partial charge in [-0.2, -0.15) is 0 Å². The highest BCUT2D eigenvalue weighted by Crippen LogP contribution is 2.67. The average molecular weight is 578 g/mol. The van der Waals surface area contributed by atoms with Crippen molar-refractivity contribution in [2.75, 3.05) is 59.2 Å². The summed E-state index contributed by atoms with van der Waals surface area (Å²) in [5.74, 6) is -1.85. The van der Waals surface area contributed by atoms with Crippen LogP contribution in [0.4, 0.5) is 0 Å². The zero-order valence-corrected chi connectivity index (χ0v) is 25.0. The summed E-state index contributed by atoms with van der Waals surface area (Å²) < 4.78 is 10.4. The Morgan fingerprint density at radius 3 is 2.70 bits per heavy atom. The van der Waals surface area contributed by atoms with Crippen LogP contribution >= 0.6 is 11.8 Å². The van der Waals surface area contributed by atoms with Gasteiger partial charge in [0, 0.05) is 38.0 Å². The zero-order valence-electron chi connectivity index (χ0n) is 24.2. The SMILES string of the molecule is C=CCCCOC(=O)[C@@H]1[C@@H]2CCC3(S2)C(C(=O)N(CC=C)CCN2CCOCC2)N([C@@H](CO)[C@@H](C)CC)C(=O)[C@H]13. The minimum absolute atomic E-state index is 0.00724. The number of ether oxygens (including phenoxy) is 2. The molecule has 1 N–H and O–H groups in total. The summed E-state index contributed by atoms with van der Waals surface area (Å²) in [7, 11) is 0. The Bertz CT molecular complexity index is 942. The topological polar surface area (TPSA) is 99.6 Å².